The van der Waals surface area contributed by atoms with Crippen LogP contribution in [0.25, 0.3) is 10.2 Å². The first kappa shape index (κ1) is 14.6. The van der Waals surface area contributed by atoms with Crippen LogP contribution in [0.4, 0.5) is 5.13 Å². The number of oxime groups is 1. The van der Waals surface area contributed by atoms with E-state index in [1.54, 1.807) is 24.4 Å². The lowest BCUT2D eigenvalue weighted by Gasteiger charge is -1.99. The molecule has 3 rings (SSSR count). The molecule has 1 aromatic carbocycles. The predicted molar refractivity (Wildman–Crippen MR) is 87.6 cm³/mol. The summed E-state index contributed by atoms with van der Waals surface area (Å²) in [7, 11) is 0. The summed E-state index contributed by atoms with van der Waals surface area (Å²) < 4.78 is 0.911. The Bertz CT molecular complexity index is 813. The van der Waals surface area contributed by atoms with E-state index in [9.17, 15) is 4.79 Å². The first-order chi connectivity index (χ1) is 10.7. The summed E-state index contributed by atoms with van der Waals surface area (Å²) in [4.78, 5) is 23.9. The second-order valence-corrected chi connectivity index (χ2v) is 5.78. The van der Waals surface area contributed by atoms with E-state index in [4.69, 9.17) is 16.4 Å². The van der Waals surface area contributed by atoms with Crippen molar-refractivity contribution in [2.45, 2.75) is 0 Å². The van der Waals surface area contributed by atoms with Gasteiger partial charge in [-0.25, -0.2) is 4.98 Å². The van der Waals surface area contributed by atoms with Crippen molar-refractivity contribution in [1.29, 1.82) is 0 Å². The Labute approximate surface area is 134 Å². The molecule has 8 heteroatoms. The lowest BCUT2D eigenvalue weighted by Crippen LogP contribution is -2.16. The average Bonchev–Trinajstić information content (AvgIpc) is 3.12. The van der Waals surface area contributed by atoms with Gasteiger partial charge in [-0.1, -0.05) is 28.1 Å². The summed E-state index contributed by atoms with van der Waals surface area (Å²) in [6.07, 6.45) is 3.26. The van der Waals surface area contributed by atoms with Gasteiger partial charge >= 0.3 is 0 Å². The van der Waals surface area contributed by atoms with Crippen molar-refractivity contribution in [2.24, 2.45) is 5.16 Å². The number of benzene rings is 1. The van der Waals surface area contributed by atoms with Crippen LogP contribution in [0.3, 0.4) is 0 Å². The van der Waals surface area contributed by atoms with E-state index in [1.165, 1.54) is 17.6 Å². The van der Waals surface area contributed by atoms with Gasteiger partial charge in [0.1, 0.15) is 0 Å². The number of thiazole rings is 1. The van der Waals surface area contributed by atoms with Crippen LogP contribution in [0.5, 0.6) is 0 Å². The Hall–Kier alpha value is -2.38. The summed E-state index contributed by atoms with van der Waals surface area (Å²) in [5.74, 6) is -0.325. The zero-order chi connectivity index (χ0) is 15.4. The van der Waals surface area contributed by atoms with Gasteiger partial charge in [-0.2, -0.15) is 0 Å². The van der Waals surface area contributed by atoms with Gasteiger partial charge < -0.3 is 9.82 Å². The van der Waals surface area contributed by atoms with Crippen molar-refractivity contribution in [3.8, 4) is 0 Å². The third-order valence-electron chi connectivity index (χ3n) is 2.68. The van der Waals surface area contributed by atoms with E-state index >= 15 is 0 Å². The van der Waals surface area contributed by atoms with Gasteiger partial charge in [-0.3, -0.25) is 10.1 Å². The van der Waals surface area contributed by atoms with E-state index in [1.807, 2.05) is 12.1 Å². The van der Waals surface area contributed by atoms with E-state index < -0.39 is 0 Å². The minimum atomic E-state index is -0.325. The maximum atomic E-state index is 11.7. The van der Waals surface area contributed by atoms with Crippen molar-refractivity contribution in [1.82, 2.24) is 9.97 Å². The molecule has 0 saturated carbocycles. The number of hydrogen-bond donors (Lipinski definition) is 2. The number of aromatic amines is 1. The number of nitrogens with one attached hydrogen (secondary N) is 2. The zero-order valence-electron chi connectivity index (χ0n) is 11.2. The molecule has 3 aromatic rings. The molecule has 2 N–H and O–H groups in total. The molecular weight excluding hydrogens is 324 g/mol. The number of halogens is 1. The molecule has 0 radical (unpaired) electrons. The molecule has 0 saturated heterocycles. The standard InChI is InChI=1S/C14H11ClN4O2S/c15-9-3-4-11-12(6-9)22-14(18-11)19-13(20)8-21-17-7-10-2-1-5-16-10/h1-7,16H,8H2,(H,18,19,20)/b17-7+. The fraction of sp³-hybridized carbons (Fsp3) is 0.0714. The maximum absolute atomic E-state index is 11.7. The molecule has 0 bridgehead atoms. The first-order valence-corrected chi connectivity index (χ1v) is 7.55. The number of rotatable bonds is 5. The minimum Gasteiger partial charge on any atom is -0.386 e. The topological polar surface area (TPSA) is 79.4 Å². The molecule has 22 heavy (non-hydrogen) atoms. The van der Waals surface area contributed by atoms with E-state index in [0.717, 1.165) is 15.9 Å². The Morgan fingerprint density at radius 1 is 1.50 bits per heavy atom. The van der Waals surface area contributed by atoms with Gasteiger partial charge in [0.15, 0.2) is 11.7 Å². The molecule has 112 valence electrons. The molecule has 0 fully saturated rings. The van der Waals surface area contributed by atoms with Gasteiger partial charge in [-0.15, -0.1) is 0 Å². The molecule has 0 spiro atoms. The number of H-pyrrole nitrogens is 1. The number of amides is 1. The Morgan fingerprint density at radius 2 is 2.41 bits per heavy atom. The number of carbonyl (C=O) groups excluding carboxylic acids is 1. The van der Waals surface area contributed by atoms with Gasteiger partial charge in [0.25, 0.3) is 5.91 Å². The van der Waals surface area contributed by atoms with Crippen LogP contribution in [0.2, 0.25) is 5.02 Å². The second-order valence-electron chi connectivity index (χ2n) is 4.31. The molecule has 1 amide bonds. The van der Waals surface area contributed by atoms with Crippen molar-refractivity contribution >= 4 is 50.4 Å². The SMILES string of the molecule is O=C(CO/N=C/c1ccc[nH]1)Nc1nc2ccc(Cl)cc2s1. The van der Waals surface area contributed by atoms with Crippen molar-refractivity contribution in [2.75, 3.05) is 11.9 Å². The van der Waals surface area contributed by atoms with Crippen LogP contribution >= 0.6 is 22.9 Å². The molecule has 0 unspecified atom stereocenters. The second kappa shape index (κ2) is 6.59. The normalized spacial score (nSPS) is 11.1. The molecule has 0 aliphatic heterocycles. The monoisotopic (exact) mass is 334 g/mol. The minimum absolute atomic E-state index is 0.187. The molecule has 0 atom stereocenters. The van der Waals surface area contributed by atoms with E-state index in [0.29, 0.717) is 10.2 Å². The van der Waals surface area contributed by atoms with Gasteiger partial charge in [0.2, 0.25) is 0 Å². The van der Waals surface area contributed by atoms with Crippen LogP contribution in [-0.4, -0.2) is 28.7 Å². The van der Waals surface area contributed by atoms with Crippen LogP contribution in [0.1, 0.15) is 5.69 Å². The van der Waals surface area contributed by atoms with Crippen LogP contribution in [0, 0.1) is 0 Å². The smallest absolute Gasteiger partial charge is 0.266 e. The third-order valence-corrected chi connectivity index (χ3v) is 3.85. The predicted octanol–water partition coefficient (Wildman–Crippen LogP) is 3.27. The number of hydrogen-bond acceptors (Lipinski definition) is 5. The molecular formula is C14H11ClN4O2S. The number of anilines is 1. The molecule has 0 aliphatic rings. The van der Waals surface area contributed by atoms with Gasteiger partial charge in [0.05, 0.1) is 22.1 Å². The average molecular weight is 335 g/mol. The van der Waals surface area contributed by atoms with Crippen LogP contribution < -0.4 is 5.32 Å². The number of nitrogens with zero attached hydrogens (tertiary/aromatic N) is 2. The molecule has 2 aromatic heterocycles. The fourth-order valence-electron chi connectivity index (χ4n) is 1.72. The molecule has 6 nitrogen and oxygen atoms in total. The highest BCUT2D eigenvalue weighted by atomic mass is 35.5. The Kier molecular flexibility index (Phi) is 4.36. The number of carbonyl (C=O) groups is 1. The quantitative estimate of drug-likeness (QED) is 0.555. The van der Waals surface area contributed by atoms with Crippen molar-refractivity contribution in [3.63, 3.8) is 0 Å². The van der Waals surface area contributed by atoms with E-state index in [-0.39, 0.29) is 12.5 Å². The number of aromatic nitrogens is 2. The van der Waals surface area contributed by atoms with Crippen LogP contribution in [-0.2, 0) is 9.63 Å². The van der Waals surface area contributed by atoms with Crippen LogP contribution in [0.15, 0.2) is 41.7 Å². The Morgan fingerprint density at radius 3 is 3.23 bits per heavy atom. The summed E-state index contributed by atoms with van der Waals surface area (Å²) in [5, 5.41) is 7.50. The summed E-state index contributed by atoms with van der Waals surface area (Å²) >= 11 is 7.26. The highest BCUT2D eigenvalue weighted by molar-refractivity contribution is 7.22. The lowest BCUT2D eigenvalue weighted by atomic mass is 10.3. The maximum Gasteiger partial charge on any atom is 0.266 e. The van der Waals surface area contributed by atoms with E-state index in [2.05, 4.69) is 20.4 Å². The Balaban J connectivity index is 1.54. The summed E-state index contributed by atoms with van der Waals surface area (Å²) in [6, 6.07) is 9.04. The molecule has 0 aliphatic carbocycles. The van der Waals surface area contributed by atoms with Gasteiger partial charge in [-0.05, 0) is 30.3 Å². The highest BCUT2D eigenvalue weighted by Crippen LogP contribution is 2.28. The fourth-order valence-corrected chi connectivity index (χ4v) is 2.88. The first-order valence-electron chi connectivity index (χ1n) is 6.35. The molecule has 2 heterocycles. The summed E-state index contributed by atoms with van der Waals surface area (Å²) in [6.45, 7) is -0.187. The lowest BCUT2D eigenvalue weighted by molar-refractivity contribution is -0.120. The van der Waals surface area contributed by atoms with Crippen molar-refractivity contribution < 1.29 is 9.63 Å². The number of fused-ring (bicyclic) bond motifs is 1. The third kappa shape index (κ3) is 3.63. The largest absolute Gasteiger partial charge is 0.386 e. The van der Waals surface area contributed by atoms with Crippen molar-refractivity contribution in [3.05, 3.63) is 47.2 Å². The summed E-state index contributed by atoms with van der Waals surface area (Å²) in [5.41, 5.74) is 1.58. The highest BCUT2D eigenvalue weighted by Gasteiger charge is 2.08. The zero-order valence-corrected chi connectivity index (χ0v) is 12.8. The van der Waals surface area contributed by atoms with Gasteiger partial charge in [0, 0.05) is 11.2 Å².